The van der Waals surface area contributed by atoms with Gasteiger partial charge in [-0.25, -0.2) is 0 Å². The van der Waals surface area contributed by atoms with E-state index < -0.39 is 11.7 Å². The standard InChI is InChI=1S/C15H17F3N2O/c1-10-5-6-20(9-14(10)21-2)13-4-3-12(15(16,17)18)7-11(13)8-19/h3-4,7,10,14H,5-6,9H2,1-2H3. The van der Waals surface area contributed by atoms with Crippen molar-refractivity contribution in [2.75, 3.05) is 25.1 Å². The first-order chi connectivity index (χ1) is 9.86. The summed E-state index contributed by atoms with van der Waals surface area (Å²) >= 11 is 0. The van der Waals surface area contributed by atoms with Crippen LogP contribution in [-0.2, 0) is 10.9 Å². The Morgan fingerprint density at radius 3 is 2.67 bits per heavy atom. The summed E-state index contributed by atoms with van der Waals surface area (Å²) in [6.07, 6.45) is -3.53. The molecule has 114 valence electrons. The van der Waals surface area contributed by atoms with Crippen LogP contribution in [0.2, 0.25) is 0 Å². The third-order valence-electron chi connectivity index (χ3n) is 3.98. The minimum atomic E-state index is -4.43. The minimum Gasteiger partial charge on any atom is -0.379 e. The van der Waals surface area contributed by atoms with Gasteiger partial charge in [-0.1, -0.05) is 6.92 Å². The van der Waals surface area contributed by atoms with E-state index in [1.54, 1.807) is 7.11 Å². The molecule has 2 rings (SSSR count). The molecular weight excluding hydrogens is 281 g/mol. The van der Waals surface area contributed by atoms with Crippen LogP contribution in [0.4, 0.5) is 18.9 Å². The Balaban J connectivity index is 2.30. The predicted molar refractivity (Wildman–Crippen MR) is 73.0 cm³/mol. The second-order valence-corrected chi connectivity index (χ2v) is 5.33. The van der Waals surface area contributed by atoms with E-state index in [-0.39, 0.29) is 11.7 Å². The van der Waals surface area contributed by atoms with Gasteiger partial charge in [-0.05, 0) is 30.5 Å². The molecule has 0 N–H and O–H groups in total. The highest BCUT2D eigenvalue weighted by Gasteiger charge is 2.32. The van der Waals surface area contributed by atoms with Crippen molar-refractivity contribution in [3.8, 4) is 6.07 Å². The quantitative estimate of drug-likeness (QED) is 0.839. The second-order valence-electron chi connectivity index (χ2n) is 5.33. The summed E-state index contributed by atoms with van der Waals surface area (Å²) in [6.45, 7) is 3.38. The van der Waals surface area contributed by atoms with Crippen molar-refractivity contribution in [2.45, 2.75) is 25.6 Å². The van der Waals surface area contributed by atoms with Gasteiger partial charge in [0.05, 0.1) is 22.9 Å². The lowest BCUT2D eigenvalue weighted by molar-refractivity contribution is -0.137. The number of ether oxygens (including phenoxy) is 1. The minimum absolute atomic E-state index is 0.0209. The van der Waals surface area contributed by atoms with Gasteiger partial charge < -0.3 is 9.64 Å². The van der Waals surface area contributed by atoms with Crippen LogP contribution in [0.15, 0.2) is 18.2 Å². The average molecular weight is 298 g/mol. The van der Waals surface area contributed by atoms with Gasteiger partial charge in [-0.3, -0.25) is 0 Å². The molecule has 0 radical (unpaired) electrons. The van der Waals surface area contributed by atoms with Crippen LogP contribution in [0.1, 0.15) is 24.5 Å². The number of methoxy groups -OCH3 is 1. The van der Waals surface area contributed by atoms with Crippen molar-refractivity contribution >= 4 is 5.69 Å². The van der Waals surface area contributed by atoms with Gasteiger partial charge in [0.1, 0.15) is 6.07 Å². The fourth-order valence-electron chi connectivity index (χ4n) is 2.64. The summed E-state index contributed by atoms with van der Waals surface area (Å²) < 4.78 is 43.5. The zero-order valence-corrected chi connectivity index (χ0v) is 11.9. The molecule has 0 saturated carbocycles. The normalized spacial score (nSPS) is 23.0. The number of benzene rings is 1. The number of alkyl halides is 3. The molecular formula is C15H17F3N2O. The number of rotatable bonds is 2. The number of halogens is 3. The van der Waals surface area contributed by atoms with E-state index in [0.717, 1.165) is 18.6 Å². The van der Waals surface area contributed by atoms with E-state index in [1.165, 1.54) is 6.07 Å². The topological polar surface area (TPSA) is 36.3 Å². The van der Waals surface area contributed by atoms with Crippen LogP contribution in [0.5, 0.6) is 0 Å². The van der Waals surface area contributed by atoms with E-state index >= 15 is 0 Å². The van der Waals surface area contributed by atoms with Crippen molar-refractivity contribution in [1.29, 1.82) is 5.26 Å². The summed E-state index contributed by atoms with van der Waals surface area (Å²) in [5.74, 6) is 0.395. The van der Waals surface area contributed by atoms with Crippen molar-refractivity contribution in [1.82, 2.24) is 0 Å². The highest BCUT2D eigenvalue weighted by Crippen LogP contribution is 2.34. The molecule has 0 aromatic heterocycles. The summed E-state index contributed by atoms with van der Waals surface area (Å²) in [5.41, 5.74) is -0.204. The van der Waals surface area contributed by atoms with Crippen LogP contribution in [0.25, 0.3) is 0 Å². The number of nitrogens with zero attached hydrogens (tertiary/aromatic N) is 2. The Morgan fingerprint density at radius 2 is 2.10 bits per heavy atom. The molecule has 21 heavy (non-hydrogen) atoms. The maximum absolute atomic E-state index is 12.7. The number of anilines is 1. The highest BCUT2D eigenvalue weighted by molar-refractivity contribution is 5.61. The van der Waals surface area contributed by atoms with Gasteiger partial charge in [0, 0.05) is 20.2 Å². The molecule has 1 aromatic rings. The fraction of sp³-hybridized carbons (Fsp3) is 0.533. The first kappa shape index (κ1) is 15.6. The molecule has 0 spiro atoms. The van der Waals surface area contributed by atoms with Crippen LogP contribution < -0.4 is 4.90 Å². The van der Waals surface area contributed by atoms with Gasteiger partial charge in [-0.2, -0.15) is 18.4 Å². The molecule has 0 aliphatic carbocycles. The summed E-state index contributed by atoms with van der Waals surface area (Å²) in [4.78, 5) is 1.92. The van der Waals surface area contributed by atoms with Gasteiger partial charge >= 0.3 is 6.18 Å². The van der Waals surface area contributed by atoms with Crippen LogP contribution in [-0.4, -0.2) is 26.3 Å². The summed E-state index contributed by atoms with van der Waals surface area (Å²) in [5, 5.41) is 9.14. The van der Waals surface area contributed by atoms with Gasteiger partial charge in [0.15, 0.2) is 0 Å². The number of piperidine rings is 1. The predicted octanol–water partition coefficient (Wildman–Crippen LogP) is 3.44. The maximum atomic E-state index is 12.7. The number of nitriles is 1. The zero-order chi connectivity index (χ0) is 15.6. The van der Waals surface area contributed by atoms with E-state index in [1.807, 2.05) is 11.0 Å². The lowest BCUT2D eigenvalue weighted by Crippen LogP contribution is -2.44. The Labute approximate surface area is 121 Å². The molecule has 1 saturated heterocycles. The molecule has 1 aromatic carbocycles. The molecule has 0 amide bonds. The molecule has 3 nitrogen and oxygen atoms in total. The number of hydrogen-bond acceptors (Lipinski definition) is 3. The molecule has 1 aliphatic heterocycles. The summed E-state index contributed by atoms with van der Waals surface area (Å²) in [6, 6.07) is 5.18. The van der Waals surface area contributed by atoms with Crippen LogP contribution in [0, 0.1) is 17.2 Å². The third-order valence-corrected chi connectivity index (χ3v) is 3.98. The first-order valence-electron chi connectivity index (χ1n) is 6.76. The molecule has 1 fully saturated rings. The van der Waals surface area contributed by atoms with E-state index in [9.17, 15) is 13.2 Å². The molecule has 1 aliphatic rings. The molecule has 2 unspecified atom stereocenters. The van der Waals surface area contributed by atoms with Crippen LogP contribution in [0.3, 0.4) is 0 Å². The fourth-order valence-corrected chi connectivity index (χ4v) is 2.64. The lowest BCUT2D eigenvalue weighted by Gasteiger charge is -2.38. The second kappa shape index (κ2) is 5.94. The molecule has 1 heterocycles. The maximum Gasteiger partial charge on any atom is 0.416 e. The van der Waals surface area contributed by atoms with E-state index in [2.05, 4.69) is 6.92 Å². The smallest absolute Gasteiger partial charge is 0.379 e. The van der Waals surface area contributed by atoms with Gasteiger partial charge in [0.2, 0.25) is 0 Å². The van der Waals surface area contributed by atoms with Gasteiger partial charge in [0.25, 0.3) is 0 Å². The molecule has 6 heteroatoms. The first-order valence-corrected chi connectivity index (χ1v) is 6.76. The number of hydrogen-bond donors (Lipinski definition) is 0. The van der Waals surface area contributed by atoms with Crippen molar-refractivity contribution < 1.29 is 17.9 Å². The monoisotopic (exact) mass is 298 g/mol. The van der Waals surface area contributed by atoms with E-state index in [4.69, 9.17) is 10.00 Å². The Bertz CT molecular complexity index is 551. The third kappa shape index (κ3) is 3.30. The summed E-state index contributed by atoms with van der Waals surface area (Å²) in [7, 11) is 1.63. The van der Waals surface area contributed by atoms with Crippen molar-refractivity contribution in [3.63, 3.8) is 0 Å². The van der Waals surface area contributed by atoms with Crippen molar-refractivity contribution in [2.24, 2.45) is 5.92 Å². The van der Waals surface area contributed by atoms with Gasteiger partial charge in [-0.15, -0.1) is 0 Å². The zero-order valence-electron chi connectivity index (χ0n) is 11.9. The Kier molecular flexibility index (Phi) is 4.43. The molecule has 0 bridgehead atoms. The average Bonchev–Trinajstić information content (AvgIpc) is 2.46. The Hall–Kier alpha value is -1.74. The lowest BCUT2D eigenvalue weighted by atomic mass is 9.94. The van der Waals surface area contributed by atoms with Crippen molar-refractivity contribution in [3.05, 3.63) is 29.3 Å². The SMILES string of the molecule is COC1CN(c2ccc(C(F)(F)F)cc2C#N)CCC1C. The highest BCUT2D eigenvalue weighted by atomic mass is 19.4. The van der Waals surface area contributed by atoms with Crippen LogP contribution >= 0.6 is 0 Å². The molecule has 2 atom stereocenters. The van der Waals surface area contributed by atoms with E-state index in [0.29, 0.717) is 24.7 Å². The Morgan fingerprint density at radius 1 is 1.38 bits per heavy atom. The largest absolute Gasteiger partial charge is 0.416 e.